The van der Waals surface area contributed by atoms with Crippen LogP contribution >= 0.6 is 0 Å². The van der Waals surface area contributed by atoms with E-state index < -0.39 is 0 Å². The van der Waals surface area contributed by atoms with Crippen molar-refractivity contribution in [3.63, 3.8) is 0 Å². The lowest BCUT2D eigenvalue weighted by molar-refractivity contribution is 0.672. The summed E-state index contributed by atoms with van der Waals surface area (Å²) in [6.07, 6.45) is 0. The second kappa shape index (κ2) is 12.8. The van der Waals surface area contributed by atoms with Gasteiger partial charge in [-0.2, -0.15) is 10.5 Å². The maximum Gasteiger partial charge on any atom is 0.145 e. The molecule has 4 aromatic heterocycles. The molecule has 0 spiro atoms. The molecule has 0 aliphatic carbocycles. The number of fused-ring (bicyclic) bond motifs is 14. The standard InChI is InChI=1S/C56H30N4O2/c57-31-33-20-22-34(23-21-33)38-14-9-15-39(46(38)32-58)35-28-36(59-47-16-5-1-12-44(47)53-49(59)26-24-42-40-10-3-7-18-51(40)61-55(42)53)30-37(29-35)60-48-17-6-2-13-45(48)54-50(60)27-25-43-41-11-4-8-19-52(41)62-56(43)54/h1-30H. The number of furan rings is 2. The SMILES string of the molecule is N#Cc1ccc(-c2cccc(-c3cc(-n4c5ccccc5c5c6oc7ccccc7c6ccc54)cc(-n4c5ccccc5c5c6oc7ccccc7c6ccc54)c3)c2C#N)cc1. The van der Waals surface area contributed by atoms with Crippen molar-refractivity contribution in [1.82, 2.24) is 9.13 Å². The first kappa shape index (κ1) is 34.1. The number of aromatic nitrogens is 2. The highest BCUT2D eigenvalue weighted by atomic mass is 16.3. The van der Waals surface area contributed by atoms with Gasteiger partial charge in [-0.25, -0.2) is 0 Å². The molecule has 62 heavy (non-hydrogen) atoms. The third-order valence-corrected chi connectivity index (χ3v) is 12.6. The molecule has 0 aliphatic rings. The van der Waals surface area contributed by atoms with Crippen molar-refractivity contribution in [2.45, 2.75) is 0 Å². The van der Waals surface area contributed by atoms with Gasteiger partial charge in [0.25, 0.3) is 0 Å². The normalized spacial score (nSPS) is 11.8. The molecule has 0 fully saturated rings. The molecule has 0 unspecified atom stereocenters. The minimum atomic E-state index is 0.553. The van der Waals surface area contributed by atoms with Crippen molar-refractivity contribution >= 4 is 87.5 Å². The molecule has 0 saturated heterocycles. The Labute approximate surface area is 353 Å². The fraction of sp³-hybridized carbons (Fsp3) is 0. The third kappa shape index (κ3) is 4.72. The maximum atomic E-state index is 11.0. The van der Waals surface area contributed by atoms with Crippen LogP contribution in [0.4, 0.5) is 0 Å². The van der Waals surface area contributed by atoms with Crippen molar-refractivity contribution in [3.05, 3.63) is 193 Å². The first-order chi connectivity index (χ1) is 30.7. The molecule has 0 atom stereocenters. The Morgan fingerprint density at radius 2 is 0.855 bits per heavy atom. The number of nitriles is 2. The number of benzene rings is 9. The van der Waals surface area contributed by atoms with E-state index in [4.69, 9.17) is 8.83 Å². The zero-order valence-electron chi connectivity index (χ0n) is 32.9. The molecule has 0 bridgehead atoms. The zero-order chi connectivity index (χ0) is 41.1. The second-order valence-electron chi connectivity index (χ2n) is 15.8. The number of rotatable bonds is 4. The quantitative estimate of drug-likeness (QED) is 0.178. The van der Waals surface area contributed by atoms with E-state index in [0.29, 0.717) is 11.1 Å². The minimum Gasteiger partial charge on any atom is -0.455 e. The number of nitrogens with zero attached hydrogens (tertiary/aromatic N) is 4. The summed E-state index contributed by atoms with van der Waals surface area (Å²) >= 11 is 0. The summed E-state index contributed by atoms with van der Waals surface area (Å²) in [4.78, 5) is 0. The van der Waals surface area contributed by atoms with Gasteiger partial charge < -0.3 is 18.0 Å². The Balaban J connectivity index is 1.15. The monoisotopic (exact) mass is 790 g/mol. The molecule has 13 rings (SSSR count). The Morgan fingerprint density at radius 1 is 0.371 bits per heavy atom. The van der Waals surface area contributed by atoms with Gasteiger partial charge in [0, 0.05) is 54.8 Å². The van der Waals surface area contributed by atoms with Crippen molar-refractivity contribution in [3.8, 4) is 45.8 Å². The summed E-state index contributed by atoms with van der Waals surface area (Å²) < 4.78 is 18.0. The summed E-state index contributed by atoms with van der Waals surface area (Å²) in [6, 6.07) is 67.0. The van der Waals surface area contributed by atoms with Gasteiger partial charge in [0.05, 0.1) is 50.0 Å². The van der Waals surface area contributed by atoms with E-state index in [-0.39, 0.29) is 0 Å². The van der Waals surface area contributed by atoms with Crippen LogP contribution < -0.4 is 0 Å². The average Bonchev–Trinajstić information content (AvgIpc) is 4.08. The Morgan fingerprint density at radius 3 is 1.37 bits per heavy atom. The lowest BCUT2D eigenvalue weighted by Crippen LogP contribution is -2.01. The van der Waals surface area contributed by atoms with Gasteiger partial charge in [-0.3, -0.25) is 0 Å². The van der Waals surface area contributed by atoms with Crippen LogP contribution in [0.3, 0.4) is 0 Å². The first-order valence-electron chi connectivity index (χ1n) is 20.5. The van der Waals surface area contributed by atoms with Gasteiger partial charge in [-0.05, 0) is 90.0 Å². The van der Waals surface area contributed by atoms with Crippen LogP contribution in [0, 0.1) is 22.7 Å². The predicted molar refractivity (Wildman–Crippen MR) is 250 cm³/mol. The lowest BCUT2D eigenvalue weighted by atomic mass is 9.91. The molecule has 0 aliphatic heterocycles. The van der Waals surface area contributed by atoms with E-state index in [1.165, 1.54) is 0 Å². The molecule has 13 aromatic rings. The average molecular weight is 791 g/mol. The van der Waals surface area contributed by atoms with Crippen molar-refractivity contribution < 1.29 is 8.83 Å². The fourth-order valence-corrected chi connectivity index (χ4v) is 9.91. The summed E-state index contributed by atoms with van der Waals surface area (Å²) in [5, 5.41) is 29.1. The molecule has 0 radical (unpaired) electrons. The summed E-state index contributed by atoms with van der Waals surface area (Å²) in [5.74, 6) is 0. The van der Waals surface area contributed by atoms with Crippen LogP contribution in [-0.4, -0.2) is 9.13 Å². The maximum absolute atomic E-state index is 11.0. The fourth-order valence-electron chi connectivity index (χ4n) is 9.91. The van der Waals surface area contributed by atoms with E-state index in [0.717, 1.165) is 121 Å². The smallest absolute Gasteiger partial charge is 0.145 e. The number of hydrogen-bond acceptors (Lipinski definition) is 4. The molecule has 6 heteroatoms. The minimum absolute atomic E-state index is 0.553. The Hall–Kier alpha value is -8.84. The van der Waals surface area contributed by atoms with Gasteiger partial charge in [-0.15, -0.1) is 0 Å². The van der Waals surface area contributed by atoms with Crippen LogP contribution in [0.2, 0.25) is 0 Å². The van der Waals surface area contributed by atoms with Gasteiger partial charge >= 0.3 is 0 Å². The topological polar surface area (TPSA) is 83.7 Å². The van der Waals surface area contributed by atoms with Gasteiger partial charge in [0.1, 0.15) is 28.4 Å². The largest absolute Gasteiger partial charge is 0.455 e. The van der Waals surface area contributed by atoms with Crippen LogP contribution in [0.15, 0.2) is 191 Å². The molecular formula is C56H30N4O2. The third-order valence-electron chi connectivity index (χ3n) is 12.6. The Bertz CT molecular complexity index is 3920. The van der Waals surface area contributed by atoms with Gasteiger partial charge in [0.2, 0.25) is 0 Å². The van der Waals surface area contributed by atoms with E-state index >= 15 is 0 Å². The van der Waals surface area contributed by atoms with Crippen molar-refractivity contribution in [1.29, 1.82) is 10.5 Å². The molecule has 9 aromatic carbocycles. The molecule has 286 valence electrons. The summed E-state index contributed by atoms with van der Waals surface area (Å²) in [6.45, 7) is 0. The van der Waals surface area contributed by atoms with Crippen molar-refractivity contribution in [2.75, 3.05) is 0 Å². The Kier molecular flexibility index (Phi) is 7.05. The molecule has 0 amide bonds. The predicted octanol–water partition coefficient (Wildman–Crippen LogP) is 14.8. The summed E-state index contributed by atoms with van der Waals surface area (Å²) in [7, 11) is 0. The highest BCUT2D eigenvalue weighted by Gasteiger charge is 2.23. The highest BCUT2D eigenvalue weighted by Crippen LogP contribution is 2.44. The summed E-state index contributed by atoms with van der Waals surface area (Å²) in [5.41, 5.74) is 13.9. The molecule has 0 N–H and O–H groups in total. The lowest BCUT2D eigenvalue weighted by Gasteiger charge is -2.17. The van der Waals surface area contributed by atoms with E-state index in [1.807, 2.05) is 54.6 Å². The van der Waals surface area contributed by atoms with Crippen LogP contribution in [0.5, 0.6) is 0 Å². The molecule has 6 nitrogen and oxygen atoms in total. The first-order valence-corrected chi connectivity index (χ1v) is 20.5. The van der Waals surface area contributed by atoms with E-state index in [9.17, 15) is 10.5 Å². The zero-order valence-corrected chi connectivity index (χ0v) is 32.9. The second-order valence-corrected chi connectivity index (χ2v) is 15.8. The van der Waals surface area contributed by atoms with Crippen LogP contribution in [0.1, 0.15) is 11.1 Å². The molecule has 4 heterocycles. The molecular weight excluding hydrogens is 761 g/mol. The van der Waals surface area contributed by atoms with Crippen LogP contribution in [0.25, 0.3) is 121 Å². The molecule has 0 saturated carbocycles. The van der Waals surface area contributed by atoms with E-state index in [1.54, 1.807) is 12.1 Å². The van der Waals surface area contributed by atoms with Crippen LogP contribution in [-0.2, 0) is 0 Å². The van der Waals surface area contributed by atoms with Gasteiger partial charge in [0.15, 0.2) is 0 Å². The van der Waals surface area contributed by atoms with Gasteiger partial charge in [-0.1, -0.05) is 103 Å². The van der Waals surface area contributed by atoms with Crippen molar-refractivity contribution in [2.24, 2.45) is 0 Å². The van der Waals surface area contributed by atoms with E-state index in [2.05, 4.69) is 137 Å². The highest BCUT2D eigenvalue weighted by molar-refractivity contribution is 6.25. The number of para-hydroxylation sites is 4. The number of hydrogen-bond donors (Lipinski definition) is 0.